The summed E-state index contributed by atoms with van der Waals surface area (Å²) in [4.78, 5) is 28.2. The number of carboxylic acids is 1. The number of aryl methyl sites for hydroxylation is 1. The Morgan fingerprint density at radius 1 is 1.27 bits per heavy atom. The van der Waals surface area contributed by atoms with E-state index in [1.807, 2.05) is 16.5 Å². The third-order valence-corrected chi connectivity index (χ3v) is 4.08. The first-order chi connectivity index (χ1) is 10.5. The second-order valence-corrected chi connectivity index (χ2v) is 5.92. The lowest BCUT2D eigenvalue weighted by molar-refractivity contribution is -0.138. The summed E-state index contributed by atoms with van der Waals surface area (Å²) >= 11 is 0. The van der Waals surface area contributed by atoms with Crippen LogP contribution in [-0.2, 0) is 11.8 Å². The minimum absolute atomic E-state index is 0.0747. The first kappa shape index (κ1) is 14.7. The van der Waals surface area contributed by atoms with E-state index < -0.39 is 5.97 Å². The van der Waals surface area contributed by atoms with E-state index in [-0.39, 0.29) is 18.6 Å². The lowest BCUT2D eigenvalue weighted by Crippen LogP contribution is -2.58. The molecule has 0 aromatic carbocycles. The van der Waals surface area contributed by atoms with Crippen molar-refractivity contribution in [2.75, 3.05) is 24.5 Å². The summed E-state index contributed by atoms with van der Waals surface area (Å²) in [7, 11) is 1.91. The van der Waals surface area contributed by atoms with E-state index in [0.29, 0.717) is 13.1 Å². The van der Waals surface area contributed by atoms with Crippen molar-refractivity contribution in [1.82, 2.24) is 24.4 Å². The number of rotatable bonds is 3. The molecule has 0 saturated carbocycles. The number of fused-ring (bicyclic) bond motifs is 1. The molecule has 0 spiro atoms. The Balaban J connectivity index is 1.92. The van der Waals surface area contributed by atoms with E-state index in [2.05, 4.69) is 33.7 Å². The van der Waals surface area contributed by atoms with Gasteiger partial charge in [0.15, 0.2) is 17.0 Å². The van der Waals surface area contributed by atoms with Crippen molar-refractivity contribution >= 4 is 23.0 Å². The van der Waals surface area contributed by atoms with Gasteiger partial charge < -0.3 is 14.6 Å². The molecule has 8 nitrogen and oxygen atoms in total. The van der Waals surface area contributed by atoms with E-state index in [4.69, 9.17) is 5.11 Å². The number of imidazole rings is 1. The van der Waals surface area contributed by atoms with E-state index in [1.54, 1.807) is 12.7 Å². The van der Waals surface area contributed by atoms with Gasteiger partial charge in [0, 0.05) is 32.2 Å². The number of aromatic nitrogens is 4. The van der Waals surface area contributed by atoms with Crippen LogP contribution in [0.3, 0.4) is 0 Å². The number of carbonyl (C=O) groups is 1. The molecular weight excluding hydrogens is 284 g/mol. The molecule has 0 radical (unpaired) electrons. The maximum atomic E-state index is 10.9. The van der Waals surface area contributed by atoms with Crippen molar-refractivity contribution in [3.63, 3.8) is 0 Å². The zero-order valence-corrected chi connectivity index (χ0v) is 13.0. The molecule has 2 aromatic heterocycles. The molecule has 2 aromatic rings. The summed E-state index contributed by atoms with van der Waals surface area (Å²) in [5.41, 5.74) is 1.59. The molecule has 3 rings (SSSR count). The van der Waals surface area contributed by atoms with Crippen LogP contribution in [0.25, 0.3) is 11.2 Å². The molecular formula is C14H20N6O2. The van der Waals surface area contributed by atoms with Crippen molar-refractivity contribution in [2.45, 2.75) is 25.9 Å². The zero-order valence-electron chi connectivity index (χ0n) is 13.0. The fourth-order valence-corrected chi connectivity index (χ4v) is 3.29. The monoisotopic (exact) mass is 304 g/mol. The van der Waals surface area contributed by atoms with Gasteiger partial charge >= 0.3 is 5.97 Å². The third-order valence-electron chi connectivity index (χ3n) is 4.08. The van der Waals surface area contributed by atoms with Crippen LogP contribution in [0.2, 0.25) is 0 Å². The second-order valence-electron chi connectivity index (χ2n) is 5.92. The molecule has 1 aliphatic rings. The van der Waals surface area contributed by atoms with Gasteiger partial charge in [0.1, 0.15) is 6.33 Å². The predicted octanol–water partition coefficient (Wildman–Crippen LogP) is 0.347. The summed E-state index contributed by atoms with van der Waals surface area (Å²) in [6.45, 7) is 5.62. The SMILES string of the molecule is CC1CN(CC(=O)O)CC(C)N1c1ncnc2c1ncn2C. The Morgan fingerprint density at radius 3 is 2.59 bits per heavy atom. The lowest BCUT2D eigenvalue weighted by atomic mass is 10.1. The number of aliphatic carboxylic acids is 1. The molecule has 8 heteroatoms. The molecule has 0 amide bonds. The van der Waals surface area contributed by atoms with Gasteiger partial charge in [-0.05, 0) is 13.8 Å². The molecule has 22 heavy (non-hydrogen) atoms. The molecule has 0 bridgehead atoms. The van der Waals surface area contributed by atoms with Crippen molar-refractivity contribution in [3.8, 4) is 0 Å². The van der Waals surface area contributed by atoms with Crippen molar-refractivity contribution in [2.24, 2.45) is 7.05 Å². The van der Waals surface area contributed by atoms with Crippen LogP contribution in [0.1, 0.15) is 13.8 Å². The average Bonchev–Trinajstić information content (AvgIpc) is 2.80. The number of piperazine rings is 1. The maximum absolute atomic E-state index is 10.9. The van der Waals surface area contributed by atoms with Crippen LogP contribution in [0.15, 0.2) is 12.7 Å². The normalized spacial score (nSPS) is 23.1. The second kappa shape index (κ2) is 5.53. The molecule has 1 saturated heterocycles. The maximum Gasteiger partial charge on any atom is 0.317 e. The van der Waals surface area contributed by atoms with Crippen LogP contribution in [0.5, 0.6) is 0 Å². The van der Waals surface area contributed by atoms with E-state index in [1.165, 1.54) is 0 Å². The van der Waals surface area contributed by atoms with Crippen LogP contribution in [0, 0.1) is 0 Å². The van der Waals surface area contributed by atoms with Gasteiger partial charge in [-0.1, -0.05) is 0 Å². The highest BCUT2D eigenvalue weighted by Gasteiger charge is 2.32. The van der Waals surface area contributed by atoms with Crippen LogP contribution < -0.4 is 4.90 Å². The highest BCUT2D eigenvalue weighted by atomic mass is 16.4. The van der Waals surface area contributed by atoms with Crippen LogP contribution in [0.4, 0.5) is 5.82 Å². The largest absolute Gasteiger partial charge is 0.480 e. The predicted molar refractivity (Wildman–Crippen MR) is 81.8 cm³/mol. The fourth-order valence-electron chi connectivity index (χ4n) is 3.29. The Bertz CT molecular complexity index is 688. The number of nitrogens with zero attached hydrogens (tertiary/aromatic N) is 6. The summed E-state index contributed by atoms with van der Waals surface area (Å²) in [5, 5.41) is 8.98. The summed E-state index contributed by atoms with van der Waals surface area (Å²) in [6.07, 6.45) is 3.29. The summed E-state index contributed by atoms with van der Waals surface area (Å²) in [6, 6.07) is 0.311. The van der Waals surface area contributed by atoms with Gasteiger partial charge in [-0.25, -0.2) is 15.0 Å². The number of anilines is 1. The first-order valence-electron chi connectivity index (χ1n) is 7.32. The van der Waals surface area contributed by atoms with Gasteiger partial charge in [-0.3, -0.25) is 9.69 Å². The molecule has 2 atom stereocenters. The smallest absolute Gasteiger partial charge is 0.317 e. The van der Waals surface area contributed by atoms with E-state index >= 15 is 0 Å². The standard InChI is InChI=1S/C14H20N6O2/c1-9-4-19(6-11(21)22)5-10(2)20(9)14-12-13(15-7-16-14)18(3)8-17-12/h7-10H,4-6H2,1-3H3,(H,21,22). The van der Waals surface area contributed by atoms with Gasteiger partial charge in [0.05, 0.1) is 12.9 Å². The van der Waals surface area contributed by atoms with Gasteiger partial charge in [-0.2, -0.15) is 0 Å². The minimum Gasteiger partial charge on any atom is -0.480 e. The summed E-state index contributed by atoms with van der Waals surface area (Å²) < 4.78 is 1.87. The first-order valence-corrected chi connectivity index (χ1v) is 7.32. The van der Waals surface area contributed by atoms with Crippen LogP contribution >= 0.6 is 0 Å². The average molecular weight is 304 g/mol. The van der Waals surface area contributed by atoms with Crippen molar-refractivity contribution < 1.29 is 9.90 Å². The minimum atomic E-state index is -0.790. The quantitative estimate of drug-likeness (QED) is 0.875. The third kappa shape index (κ3) is 2.50. The van der Waals surface area contributed by atoms with E-state index in [9.17, 15) is 4.79 Å². The molecule has 1 fully saturated rings. The van der Waals surface area contributed by atoms with Gasteiger partial charge in [0.2, 0.25) is 0 Å². The van der Waals surface area contributed by atoms with E-state index in [0.717, 1.165) is 17.0 Å². The molecule has 0 aliphatic carbocycles. The molecule has 3 heterocycles. The number of hydrogen-bond acceptors (Lipinski definition) is 6. The molecule has 1 aliphatic heterocycles. The van der Waals surface area contributed by atoms with Crippen LogP contribution in [-0.4, -0.2) is 67.2 Å². The Hall–Kier alpha value is -2.22. The topological polar surface area (TPSA) is 87.4 Å². The number of hydrogen-bond donors (Lipinski definition) is 1. The highest BCUT2D eigenvalue weighted by molar-refractivity contribution is 5.83. The Morgan fingerprint density at radius 2 is 1.95 bits per heavy atom. The molecule has 2 unspecified atom stereocenters. The van der Waals surface area contributed by atoms with Gasteiger partial charge in [-0.15, -0.1) is 0 Å². The Labute approximate surface area is 128 Å². The summed E-state index contributed by atoms with van der Waals surface area (Å²) in [5.74, 6) is 0.0302. The molecule has 118 valence electrons. The number of carboxylic acid groups (broad SMARTS) is 1. The lowest BCUT2D eigenvalue weighted by Gasteiger charge is -2.44. The molecule has 1 N–H and O–H groups in total. The fraction of sp³-hybridized carbons (Fsp3) is 0.571. The van der Waals surface area contributed by atoms with Crippen molar-refractivity contribution in [1.29, 1.82) is 0 Å². The highest BCUT2D eigenvalue weighted by Crippen LogP contribution is 2.27. The van der Waals surface area contributed by atoms with Crippen molar-refractivity contribution in [3.05, 3.63) is 12.7 Å². The van der Waals surface area contributed by atoms with Gasteiger partial charge in [0.25, 0.3) is 0 Å². The Kier molecular flexibility index (Phi) is 3.69. The zero-order chi connectivity index (χ0) is 15.9.